The third kappa shape index (κ3) is 10.2. The minimum Gasteiger partial charge on any atom is -0.497 e. The summed E-state index contributed by atoms with van der Waals surface area (Å²) in [5.41, 5.74) is 1.94. The van der Waals surface area contributed by atoms with Crippen molar-refractivity contribution in [3.8, 4) is 11.5 Å². The molecule has 2 aliphatic rings. The van der Waals surface area contributed by atoms with Crippen molar-refractivity contribution in [2.24, 2.45) is 5.92 Å². The standard InChI is InChI=1S/C40H49NO7S2/c1-39(2,3)50-49-24-23-46-36-26-34(48-35(36)21-11-28-12-22-37(42)41-38(43)25-28)27-47-40(29-9-7-6-8-10-29,30-13-17-32(44-4)18-14-30)31-15-19-33(45-5)20-16-31/h6-10,12-20,22,28,34-36H,11,21,23-27H2,1-5H3,(H,41,42,43)/t28?,34-,35-,36+/m0/s1. The van der Waals surface area contributed by atoms with Crippen molar-refractivity contribution in [3.05, 3.63) is 108 Å². The summed E-state index contributed by atoms with van der Waals surface area (Å²) in [7, 11) is 7.00. The predicted octanol–water partition coefficient (Wildman–Crippen LogP) is 7.73. The highest BCUT2D eigenvalue weighted by atomic mass is 33.1. The summed E-state index contributed by atoms with van der Waals surface area (Å²) in [5.74, 6) is 1.73. The van der Waals surface area contributed by atoms with E-state index >= 15 is 0 Å². The second-order valence-corrected chi connectivity index (χ2v) is 16.8. The van der Waals surface area contributed by atoms with Crippen molar-refractivity contribution in [1.29, 1.82) is 0 Å². The lowest BCUT2D eigenvalue weighted by Gasteiger charge is -2.37. The fraction of sp³-hybridized carbons (Fsp3) is 0.450. The minimum absolute atomic E-state index is 0.0457. The molecular formula is C40H49NO7S2. The van der Waals surface area contributed by atoms with E-state index in [0.29, 0.717) is 32.5 Å². The lowest BCUT2D eigenvalue weighted by Crippen LogP contribution is -2.36. The Kier molecular flexibility index (Phi) is 13.5. The van der Waals surface area contributed by atoms with Gasteiger partial charge in [0, 0.05) is 23.3 Å². The van der Waals surface area contributed by atoms with Crippen molar-refractivity contribution >= 4 is 33.4 Å². The van der Waals surface area contributed by atoms with E-state index in [4.69, 9.17) is 23.7 Å². The molecule has 0 bridgehead atoms. The number of nitrogens with one attached hydrogen (secondary N) is 1. The van der Waals surface area contributed by atoms with Crippen LogP contribution in [0.3, 0.4) is 0 Å². The lowest BCUT2D eigenvalue weighted by molar-refractivity contribution is -0.128. The number of hydrogen-bond donors (Lipinski definition) is 1. The summed E-state index contributed by atoms with van der Waals surface area (Å²) < 4.78 is 31.6. The third-order valence-electron chi connectivity index (χ3n) is 8.80. The van der Waals surface area contributed by atoms with Gasteiger partial charge in [-0.25, -0.2) is 0 Å². The van der Waals surface area contributed by atoms with Crippen molar-refractivity contribution in [2.75, 3.05) is 33.2 Å². The predicted molar refractivity (Wildman–Crippen MR) is 201 cm³/mol. The van der Waals surface area contributed by atoms with Crippen LogP contribution in [0.4, 0.5) is 0 Å². The van der Waals surface area contributed by atoms with Crippen LogP contribution in [0.2, 0.25) is 0 Å². The van der Waals surface area contributed by atoms with Gasteiger partial charge in [-0.3, -0.25) is 14.9 Å². The number of benzene rings is 3. The van der Waals surface area contributed by atoms with E-state index in [1.165, 1.54) is 6.08 Å². The molecule has 5 rings (SSSR count). The van der Waals surface area contributed by atoms with Crippen LogP contribution in [0, 0.1) is 5.92 Å². The highest BCUT2D eigenvalue weighted by molar-refractivity contribution is 8.77. The maximum Gasteiger partial charge on any atom is 0.250 e. The first kappa shape index (κ1) is 38.0. The Bertz CT molecular complexity index is 1510. The fourth-order valence-corrected chi connectivity index (χ4v) is 8.53. The van der Waals surface area contributed by atoms with E-state index in [2.05, 4.69) is 62.5 Å². The van der Waals surface area contributed by atoms with E-state index in [-0.39, 0.29) is 47.2 Å². The molecule has 3 aromatic carbocycles. The number of hydrogen-bond acceptors (Lipinski definition) is 9. The van der Waals surface area contributed by atoms with Crippen LogP contribution in [-0.4, -0.2) is 68.1 Å². The Hall–Kier alpha value is -3.28. The smallest absolute Gasteiger partial charge is 0.250 e. The highest BCUT2D eigenvalue weighted by Gasteiger charge is 2.42. The number of allylic oxidation sites excluding steroid dienone is 1. The molecule has 3 aromatic rings. The topological polar surface area (TPSA) is 92.3 Å². The maximum absolute atomic E-state index is 12.2. The van der Waals surface area contributed by atoms with E-state index < -0.39 is 5.60 Å². The molecule has 8 nitrogen and oxygen atoms in total. The Morgan fingerprint density at radius 1 is 0.840 bits per heavy atom. The highest BCUT2D eigenvalue weighted by Crippen LogP contribution is 2.43. The SMILES string of the molecule is COc1ccc(C(OC[C@@H]2C[C@@H](OCCSSC(C)(C)C)[C@H](CCC3C=CC(=O)NC(=O)C3)O2)(c2ccccc2)c2ccc(OC)cc2)cc1. The summed E-state index contributed by atoms with van der Waals surface area (Å²) >= 11 is 0. The lowest BCUT2D eigenvalue weighted by atomic mass is 9.80. The van der Waals surface area contributed by atoms with Gasteiger partial charge in [0.15, 0.2) is 0 Å². The van der Waals surface area contributed by atoms with Gasteiger partial charge in [0.05, 0.1) is 45.7 Å². The van der Waals surface area contributed by atoms with E-state index in [9.17, 15) is 9.59 Å². The van der Waals surface area contributed by atoms with Crippen molar-refractivity contribution in [2.45, 2.75) is 75.1 Å². The summed E-state index contributed by atoms with van der Waals surface area (Å²) in [5, 5.41) is 2.39. The number of carbonyl (C=O) groups is 2. The molecule has 0 aromatic heterocycles. The van der Waals surface area contributed by atoms with Gasteiger partial charge in [-0.2, -0.15) is 0 Å². The first-order valence-electron chi connectivity index (χ1n) is 17.2. The first-order chi connectivity index (χ1) is 24.1. The molecule has 1 saturated heterocycles. The summed E-state index contributed by atoms with van der Waals surface area (Å²) in [6.45, 7) is 7.55. The van der Waals surface area contributed by atoms with Crippen LogP contribution in [0.5, 0.6) is 11.5 Å². The molecule has 0 spiro atoms. The summed E-state index contributed by atoms with van der Waals surface area (Å²) in [6, 6.07) is 26.3. The van der Waals surface area contributed by atoms with Gasteiger partial charge in [0.2, 0.25) is 11.8 Å². The zero-order valence-electron chi connectivity index (χ0n) is 29.6. The molecule has 4 atom stereocenters. The van der Waals surface area contributed by atoms with Crippen molar-refractivity contribution in [1.82, 2.24) is 5.32 Å². The Morgan fingerprint density at radius 2 is 1.46 bits per heavy atom. The van der Waals surface area contributed by atoms with Gasteiger partial charge in [-0.15, -0.1) is 0 Å². The Labute approximate surface area is 304 Å². The van der Waals surface area contributed by atoms with Crippen LogP contribution in [-0.2, 0) is 29.4 Å². The zero-order chi connectivity index (χ0) is 35.6. The minimum atomic E-state index is -0.955. The maximum atomic E-state index is 12.2. The van der Waals surface area contributed by atoms with Crippen LogP contribution in [0.25, 0.3) is 0 Å². The number of amides is 2. The second kappa shape index (κ2) is 17.8. The molecular weight excluding hydrogens is 671 g/mol. The van der Waals surface area contributed by atoms with Crippen molar-refractivity contribution in [3.63, 3.8) is 0 Å². The van der Waals surface area contributed by atoms with Gasteiger partial charge in [0.25, 0.3) is 0 Å². The largest absolute Gasteiger partial charge is 0.497 e. The molecule has 0 saturated carbocycles. The summed E-state index contributed by atoms with van der Waals surface area (Å²) in [4.78, 5) is 24.1. The molecule has 268 valence electrons. The number of ether oxygens (including phenoxy) is 5. The van der Waals surface area contributed by atoms with Gasteiger partial charge in [0.1, 0.15) is 17.1 Å². The molecule has 1 unspecified atom stereocenters. The molecule has 0 aliphatic carbocycles. The fourth-order valence-electron chi connectivity index (χ4n) is 6.42. The molecule has 2 heterocycles. The van der Waals surface area contributed by atoms with Crippen LogP contribution in [0.1, 0.15) is 63.1 Å². The van der Waals surface area contributed by atoms with E-state index in [1.54, 1.807) is 14.2 Å². The third-order valence-corrected chi connectivity index (χ3v) is 12.1. The molecule has 2 amide bonds. The van der Waals surface area contributed by atoms with Gasteiger partial charge < -0.3 is 23.7 Å². The van der Waals surface area contributed by atoms with Crippen LogP contribution in [0.15, 0.2) is 91.0 Å². The molecule has 2 aliphatic heterocycles. The molecule has 10 heteroatoms. The van der Waals surface area contributed by atoms with Gasteiger partial charge in [-0.1, -0.05) is 103 Å². The summed E-state index contributed by atoms with van der Waals surface area (Å²) in [6.07, 6.45) is 5.13. The van der Waals surface area contributed by atoms with Crippen molar-refractivity contribution < 1.29 is 33.3 Å². The molecule has 1 N–H and O–H groups in total. The average molecular weight is 720 g/mol. The van der Waals surface area contributed by atoms with Crippen LogP contribution < -0.4 is 14.8 Å². The molecule has 50 heavy (non-hydrogen) atoms. The second-order valence-electron chi connectivity index (χ2n) is 13.6. The van der Waals surface area contributed by atoms with Gasteiger partial charge >= 0.3 is 0 Å². The monoisotopic (exact) mass is 719 g/mol. The Morgan fingerprint density at radius 3 is 2.06 bits per heavy atom. The molecule has 0 radical (unpaired) electrons. The zero-order valence-corrected chi connectivity index (χ0v) is 31.2. The molecule has 1 fully saturated rings. The Balaban J connectivity index is 1.39. The van der Waals surface area contributed by atoms with Gasteiger partial charge in [-0.05, 0) is 65.8 Å². The van der Waals surface area contributed by atoms with E-state index in [1.807, 2.05) is 70.1 Å². The van der Waals surface area contributed by atoms with E-state index in [0.717, 1.165) is 33.9 Å². The quantitative estimate of drug-likeness (QED) is 0.0691. The average Bonchev–Trinajstić information content (AvgIpc) is 3.42. The number of rotatable bonds is 16. The number of imide groups is 1. The number of methoxy groups -OCH3 is 2. The normalized spacial score (nSPS) is 21.1. The van der Waals surface area contributed by atoms with Crippen LogP contribution >= 0.6 is 21.6 Å². The first-order valence-corrected chi connectivity index (χ1v) is 19.5. The number of carbonyl (C=O) groups excluding carboxylic acids is 2.